The maximum Gasteiger partial charge on any atom is 0.416 e. The number of halogens is 6. The van der Waals surface area contributed by atoms with Gasteiger partial charge in [0.2, 0.25) is 0 Å². The fraction of sp³-hybridized carbons (Fsp3) is 0.455. The number of hydrogen-bond acceptors (Lipinski definition) is 3. The van der Waals surface area contributed by atoms with Gasteiger partial charge in [-0.25, -0.2) is 0 Å². The molecule has 1 aliphatic rings. The zero-order valence-electron chi connectivity index (χ0n) is 16.4. The molecule has 2 unspecified atom stereocenters. The quantitative estimate of drug-likeness (QED) is 0.600. The molecule has 3 rings (SSSR count). The van der Waals surface area contributed by atoms with Gasteiger partial charge in [0.25, 0.3) is 0 Å². The minimum absolute atomic E-state index is 0.0919. The third-order valence-corrected chi connectivity index (χ3v) is 5.31. The molecule has 0 aromatic heterocycles. The molecule has 0 bridgehead atoms. The SMILES string of the molecule is OCC1CCO[C@H](OCCc2cc(C(F)(F)F)cc(C(F)(F)F)c2)C1c1ccccc1. The fourth-order valence-electron chi connectivity index (χ4n) is 3.76. The van der Waals surface area contributed by atoms with Crippen LogP contribution in [0.15, 0.2) is 48.5 Å². The summed E-state index contributed by atoms with van der Waals surface area (Å²) in [5.41, 5.74) is -1.96. The van der Waals surface area contributed by atoms with E-state index >= 15 is 0 Å². The summed E-state index contributed by atoms with van der Waals surface area (Å²) in [4.78, 5) is 0. The molecule has 1 fully saturated rings. The van der Waals surface area contributed by atoms with Crippen LogP contribution in [0.4, 0.5) is 26.3 Å². The highest BCUT2D eigenvalue weighted by molar-refractivity contribution is 5.33. The molecule has 1 aliphatic heterocycles. The van der Waals surface area contributed by atoms with E-state index in [1.807, 2.05) is 30.3 Å². The summed E-state index contributed by atoms with van der Waals surface area (Å²) in [6, 6.07) is 10.7. The molecule has 1 heterocycles. The zero-order chi connectivity index (χ0) is 22.6. The third-order valence-electron chi connectivity index (χ3n) is 5.31. The van der Waals surface area contributed by atoms with Crippen molar-refractivity contribution in [1.29, 1.82) is 0 Å². The van der Waals surface area contributed by atoms with Crippen molar-refractivity contribution < 1.29 is 40.9 Å². The predicted molar refractivity (Wildman–Crippen MR) is 100 cm³/mol. The van der Waals surface area contributed by atoms with Gasteiger partial charge in [-0.05, 0) is 48.1 Å². The molecule has 9 heteroatoms. The number of aliphatic hydroxyl groups excluding tert-OH is 1. The zero-order valence-corrected chi connectivity index (χ0v) is 16.4. The van der Waals surface area contributed by atoms with Gasteiger partial charge in [0, 0.05) is 12.5 Å². The van der Waals surface area contributed by atoms with Crippen LogP contribution in [-0.4, -0.2) is 31.2 Å². The number of alkyl halides is 6. The molecule has 1 saturated heterocycles. The summed E-state index contributed by atoms with van der Waals surface area (Å²) in [6.07, 6.45) is -10.1. The molecule has 31 heavy (non-hydrogen) atoms. The number of ether oxygens (including phenoxy) is 2. The van der Waals surface area contributed by atoms with Crippen molar-refractivity contribution in [3.8, 4) is 0 Å². The molecule has 2 aromatic carbocycles. The monoisotopic (exact) mass is 448 g/mol. The van der Waals surface area contributed by atoms with E-state index < -0.39 is 29.8 Å². The molecule has 170 valence electrons. The molecule has 0 radical (unpaired) electrons. The van der Waals surface area contributed by atoms with E-state index in [1.54, 1.807) is 0 Å². The summed E-state index contributed by atoms with van der Waals surface area (Å²) >= 11 is 0. The van der Waals surface area contributed by atoms with Crippen LogP contribution in [0.5, 0.6) is 0 Å². The molecule has 0 spiro atoms. The van der Waals surface area contributed by atoms with Crippen molar-refractivity contribution in [2.24, 2.45) is 5.92 Å². The number of rotatable bonds is 6. The van der Waals surface area contributed by atoms with Gasteiger partial charge < -0.3 is 14.6 Å². The molecule has 0 aliphatic carbocycles. The molecule has 2 aromatic rings. The Labute approximate surface area is 175 Å². The van der Waals surface area contributed by atoms with Crippen LogP contribution >= 0.6 is 0 Å². The van der Waals surface area contributed by atoms with Crippen LogP contribution in [0, 0.1) is 5.92 Å². The Morgan fingerprint density at radius 3 is 2.10 bits per heavy atom. The van der Waals surface area contributed by atoms with E-state index in [0.717, 1.165) is 5.56 Å². The molecule has 0 saturated carbocycles. The van der Waals surface area contributed by atoms with Gasteiger partial charge in [0.1, 0.15) is 0 Å². The van der Waals surface area contributed by atoms with Gasteiger partial charge in [0.15, 0.2) is 6.29 Å². The molecular weight excluding hydrogens is 426 g/mol. The van der Waals surface area contributed by atoms with E-state index in [2.05, 4.69) is 0 Å². The Hall–Kier alpha value is -2.10. The van der Waals surface area contributed by atoms with Gasteiger partial charge in [-0.15, -0.1) is 0 Å². The van der Waals surface area contributed by atoms with Crippen molar-refractivity contribution in [1.82, 2.24) is 0 Å². The molecule has 3 atom stereocenters. The lowest BCUT2D eigenvalue weighted by atomic mass is 9.82. The third kappa shape index (κ3) is 5.99. The smallest absolute Gasteiger partial charge is 0.396 e. The van der Waals surface area contributed by atoms with Gasteiger partial charge >= 0.3 is 12.4 Å². The van der Waals surface area contributed by atoms with Gasteiger partial charge in [-0.2, -0.15) is 26.3 Å². The lowest BCUT2D eigenvalue weighted by Crippen LogP contribution is -2.38. The average molecular weight is 448 g/mol. The topological polar surface area (TPSA) is 38.7 Å². The Kier molecular flexibility index (Phi) is 7.28. The normalized spacial score (nSPS) is 22.5. The first-order valence-electron chi connectivity index (χ1n) is 9.77. The van der Waals surface area contributed by atoms with Crippen molar-refractivity contribution >= 4 is 0 Å². The van der Waals surface area contributed by atoms with Crippen LogP contribution in [0.25, 0.3) is 0 Å². The van der Waals surface area contributed by atoms with Crippen molar-refractivity contribution in [3.05, 3.63) is 70.8 Å². The van der Waals surface area contributed by atoms with Crippen molar-refractivity contribution in [2.75, 3.05) is 19.8 Å². The van der Waals surface area contributed by atoms with Crippen LogP contribution in [-0.2, 0) is 28.2 Å². The van der Waals surface area contributed by atoms with Gasteiger partial charge in [-0.3, -0.25) is 0 Å². The standard InChI is InChI=1S/C22H22F6O3/c23-21(24,25)17-10-14(11-18(12-17)22(26,27)28)6-8-30-20-19(15-4-2-1-3-5-15)16(13-29)7-9-31-20/h1-5,10-12,16,19-20,29H,6-9,13H2/t16?,19?,20-/m0/s1. The van der Waals surface area contributed by atoms with Gasteiger partial charge in [-0.1, -0.05) is 30.3 Å². The second kappa shape index (κ2) is 9.58. The lowest BCUT2D eigenvalue weighted by molar-refractivity contribution is -0.190. The maximum atomic E-state index is 13.0. The molecular formula is C22H22F6O3. The van der Waals surface area contributed by atoms with E-state index in [0.29, 0.717) is 25.2 Å². The van der Waals surface area contributed by atoms with E-state index in [1.165, 1.54) is 0 Å². The van der Waals surface area contributed by atoms with Crippen LogP contribution in [0.2, 0.25) is 0 Å². The highest BCUT2D eigenvalue weighted by Crippen LogP contribution is 2.38. The first-order chi connectivity index (χ1) is 14.6. The molecule has 0 amide bonds. The highest BCUT2D eigenvalue weighted by Gasteiger charge is 2.38. The van der Waals surface area contributed by atoms with Crippen molar-refractivity contribution in [2.45, 2.75) is 37.4 Å². The van der Waals surface area contributed by atoms with E-state index in [-0.39, 0.29) is 43.1 Å². The van der Waals surface area contributed by atoms with E-state index in [9.17, 15) is 31.4 Å². The summed E-state index contributed by atoms with van der Waals surface area (Å²) in [5, 5.41) is 9.73. The minimum Gasteiger partial charge on any atom is -0.396 e. The Morgan fingerprint density at radius 1 is 0.935 bits per heavy atom. The Balaban J connectivity index is 1.75. The predicted octanol–water partition coefficient (Wildman–Crippen LogP) is 5.42. The molecule has 1 N–H and O–H groups in total. The van der Waals surface area contributed by atoms with Crippen molar-refractivity contribution in [3.63, 3.8) is 0 Å². The number of benzene rings is 2. The fourth-order valence-corrected chi connectivity index (χ4v) is 3.76. The second-order valence-electron chi connectivity index (χ2n) is 7.44. The minimum atomic E-state index is -4.89. The summed E-state index contributed by atoms with van der Waals surface area (Å²) in [6.45, 7) is 0.108. The number of aliphatic hydroxyl groups is 1. The highest BCUT2D eigenvalue weighted by atomic mass is 19.4. The second-order valence-corrected chi connectivity index (χ2v) is 7.44. The average Bonchev–Trinajstić information content (AvgIpc) is 2.72. The summed E-state index contributed by atoms with van der Waals surface area (Å²) in [7, 11) is 0. The van der Waals surface area contributed by atoms with E-state index in [4.69, 9.17) is 9.47 Å². The Bertz CT molecular complexity index is 818. The summed E-state index contributed by atoms with van der Waals surface area (Å²) in [5.74, 6) is -0.432. The van der Waals surface area contributed by atoms with Gasteiger partial charge in [0.05, 0.1) is 24.3 Å². The van der Waals surface area contributed by atoms with Crippen LogP contribution < -0.4 is 0 Å². The first-order valence-corrected chi connectivity index (χ1v) is 9.77. The van der Waals surface area contributed by atoms with Crippen LogP contribution in [0.1, 0.15) is 34.6 Å². The summed E-state index contributed by atoms with van der Waals surface area (Å²) < 4.78 is 89.6. The Morgan fingerprint density at radius 2 is 1.55 bits per heavy atom. The lowest BCUT2D eigenvalue weighted by Gasteiger charge is -2.37. The van der Waals surface area contributed by atoms with Crippen LogP contribution in [0.3, 0.4) is 0 Å². The largest absolute Gasteiger partial charge is 0.416 e. The number of hydrogen-bond donors (Lipinski definition) is 1. The first kappa shape index (κ1) is 23.6. The molecule has 3 nitrogen and oxygen atoms in total. The maximum absolute atomic E-state index is 13.0.